The monoisotopic (exact) mass is 476 g/mol. The molecule has 0 saturated heterocycles. The van der Waals surface area contributed by atoms with Crippen LogP contribution in [0.4, 0.5) is 4.39 Å². The largest absolute Gasteiger partial charge is 0.327 e. The Bertz CT molecular complexity index is 1270. The number of amides is 1. The van der Waals surface area contributed by atoms with Crippen molar-refractivity contribution in [3.63, 3.8) is 0 Å². The third kappa shape index (κ3) is 4.16. The number of aromatic nitrogens is 5. The van der Waals surface area contributed by atoms with Crippen LogP contribution in [0.1, 0.15) is 53.2 Å². The molecule has 32 heavy (non-hydrogen) atoms. The first kappa shape index (κ1) is 21.1. The second kappa shape index (κ2) is 8.00. The zero-order valence-electron chi connectivity index (χ0n) is 17.3. The molecule has 0 N–H and O–H groups in total. The number of carbonyl (C=O) groups is 1. The Morgan fingerprint density at radius 1 is 1.19 bits per heavy atom. The summed E-state index contributed by atoms with van der Waals surface area (Å²) in [6.07, 6.45) is 3.55. The maximum atomic E-state index is 13.3. The molecule has 1 amide bonds. The fourth-order valence-corrected chi connectivity index (χ4v) is 5.28. The van der Waals surface area contributed by atoms with E-state index >= 15 is 0 Å². The van der Waals surface area contributed by atoms with E-state index in [1.807, 2.05) is 4.57 Å². The molecule has 1 aliphatic carbocycles. The van der Waals surface area contributed by atoms with Gasteiger partial charge in [-0.1, -0.05) is 0 Å². The van der Waals surface area contributed by atoms with Crippen LogP contribution >= 0.6 is 11.5 Å². The summed E-state index contributed by atoms with van der Waals surface area (Å²) in [4.78, 5) is 19.4. The average molecular weight is 477 g/mol. The molecule has 1 atom stereocenters. The quantitative estimate of drug-likeness (QED) is 0.537. The van der Waals surface area contributed by atoms with Crippen molar-refractivity contribution in [1.29, 1.82) is 0 Å². The van der Waals surface area contributed by atoms with E-state index in [0.29, 0.717) is 41.2 Å². The number of nitrogens with zero attached hydrogens (tertiary/aromatic N) is 6. The molecule has 3 heterocycles. The lowest BCUT2D eigenvalue weighted by atomic mass is 10.1. The number of rotatable bonds is 6. The summed E-state index contributed by atoms with van der Waals surface area (Å²) >= 11 is 1.28. The summed E-state index contributed by atoms with van der Waals surface area (Å²) in [5.74, 6) is 1.54. The van der Waals surface area contributed by atoms with Crippen LogP contribution in [0.2, 0.25) is 0 Å². The van der Waals surface area contributed by atoms with Crippen molar-refractivity contribution in [2.24, 2.45) is 0 Å². The van der Waals surface area contributed by atoms with Gasteiger partial charge in [-0.3, -0.25) is 4.79 Å². The summed E-state index contributed by atoms with van der Waals surface area (Å²) in [6, 6.07) is 4.74. The fourth-order valence-electron chi connectivity index (χ4n) is 3.89. The van der Waals surface area contributed by atoms with Crippen molar-refractivity contribution in [3.05, 3.63) is 47.3 Å². The normalized spacial score (nSPS) is 18.6. The van der Waals surface area contributed by atoms with E-state index < -0.39 is 21.7 Å². The average Bonchev–Trinajstić information content (AvgIpc) is 3.33. The fraction of sp³-hybridized carbons (Fsp3) is 0.450. The highest BCUT2D eigenvalue weighted by molar-refractivity contribution is 7.90. The number of fused-ring (bicyclic) bond motifs is 1. The summed E-state index contributed by atoms with van der Waals surface area (Å²) < 4.78 is 43.4. The van der Waals surface area contributed by atoms with Crippen LogP contribution in [0.25, 0.3) is 10.8 Å². The zero-order chi connectivity index (χ0) is 22.5. The van der Waals surface area contributed by atoms with Crippen molar-refractivity contribution < 1.29 is 17.6 Å². The van der Waals surface area contributed by atoms with Gasteiger partial charge in [0.15, 0.2) is 16.7 Å². The molecule has 1 aromatic carbocycles. The Morgan fingerprint density at radius 3 is 2.62 bits per heavy atom. The lowest BCUT2D eigenvalue weighted by Gasteiger charge is -2.35. The molecule has 2 aliphatic rings. The van der Waals surface area contributed by atoms with Crippen molar-refractivity contribution in [1.82, 2.24) is 29.0 Å². The van der Waals surface area contributed by atoms with Crippen molar-refractivity contribution >= 4 is 27.3 Å². The van der Waals surface area contributed by atoms with Gasteiger partial charge in [0, 0.05) is 30.8 Å². The number of hydrogen-bond acceptors (Lipinski definition) is 8. The predicted octanol–water partition coefficient (Wildman–Crippen LogP) is 2.44. The van der Waals surface area contributed by atoms with Crippen LogP contribution in [0.5, 0.6) is 0 Å². The van der Waals surface area contributed by atoms with E-state index in [1.54, 1.807) is 4.90 Å². The van der Waals surface area contributed by atoms with Gasteiger partial charge in [-0.25, -0.2) is 17.8 Å². The first-order valence-electron chi connectivity index (χ1n) is 10.3. The number of sulfone groups is 1. The topological polar surface area (TPSA) is 111 Å². The first-order chi connectivity index (χ1) is 15.3. The second-order valence-electron chi connectivity index (χ2n) is 8.21. The first-order valence-corrected chi connectivity index (χ1v) is 13.1. The van der Waals surface area contributed by atoms with Gasteiger partial charge in [-0.05, 0) is 55.1 Å². The van der Waals surface area contributed by atoms with E-state index in [-0.39, 0.29) is 18.1 Å². The van der Waals surface area contributed by atoms with Gasteiger partial charge in [0.2, 0.25) is 0 Å². The summed E-state index contributed by atoms with van der Waals surface area (Å²) in [5.41, 5.74) is 0.335. The predicted molar refractivity (Wildman–Crippen MR) is 115 cm³/mol. The molecular formula is C20H21FN6O3S2. The zero-order valence-corrected chi connectivity index (χ0v) is 18.9. The molecule has 9 nitrogen and oxygen atoms in total. The molecule has 1 aliphatic heterocycles. The number of carbonyl (C=O) groups excluding carboxylic acids is 1. The number of halogens is 1. The molecule has 1 saturated carbocycles. The molecule has 1 unspecified atom stereocenters. The molecule has 168 valence electrons. The minimum Gasteiger partial charge on any atom is -0.327 e. The molecule has 0 spiro atoms. The summed E-state index contributed by atoms with van der Waals surface area (Å²) in [6.45, 7) is 0.787. The number of benzene rings is 1. The minimum absolute atomic E-state index is 0.0995. The third-order valence-electron chi connectivity index (χ3n) is 5.71. The Balaban J connectivity index is 1.48. The van der Waals surface area contributed by atoms with Crippen LogP contribution in [-0.2, 0) is 16.4 Å². The highest BCUT2D eigenvalue weighted by Gasteiger charge is 2.36. The minimum atomic E-state index is -3.26. The lowest BCUT2D eigenvalue weighted by molar-refractivity contribution is 0.0612. The smallest absolute Gasteiger partial charge is 0.254 e. The van der Waals surface area contributed by atoms with E-state index in [4.69, 9.17) is 0 Å². The van der Waals surface area contributed by atoms with Gasteiger partial charge in [-0.15, -0.1) is 10.2 Å². The Labute approximate surface area is 188 Å². The van der Waals surface area contributed by atoms with Gasteiger partial charge < -0.3 is 9.47 Å². The molecule has 2 aromatic heterocycles. The summed E-state index contributed by atoms with van der Waals surface area (Å²) in [5, 5.41) is 9.32. The SMILES string of the molecule is CS(=O)(=O)CCC1c2nnc(-c3nc(C4CC4)ns3)n2CCN1C(=O)c1ccc(F)cc1. The molecule has 3 aromatic rings. The van der Waals surface area contributed by atoms with Crippen LogP contribution in [0.3, 0.4) is 0 Å². The van der Waals surface area contributed by atoms with Gasteiger partial charge in [0.1, 0.15) is 21.5 Å². The van der Waals surface area contributed by atoms with Gasteiger partial charge >= 0.3 is 0 Å². The Kier molecular flexibility index (Phi) is 5.28. The van der Waals surface area contributed by atoms with Crippen molar-refractivity contribution in [2.45, 2.75) is 37.8 Å². The van der Waals surface area contributed by atoms with E-state index in [0.717, 1.165) is 18.7 Å². The van der Waals surface area contributed by atoms with Crippen molar-refractivity contribution in [2.75, 3.05) is 18.6 Å². The standard InChI is InChI=1S/C20H21FN6O3S2/c1-32(29,30)11-8-15-17-23-24-18(19-22-16(25-31-19)12-2-3-12)27(17)10-9-26(15)20(28)13-4-6-14(21)7-5-13/h4-7,12,15H,2-3,8-11H2,1H3. The van der Waals surface area contributed by atoms with Gasteiger partial charge in [0.05, 0.1) is 11.8 Å². The van der Waals surface area contributed by atoms with Crippen LogP contribution in [-0.4, -0.2) is 61.9 Å². The molecule has 0 radical (unpaired) electrons. The molecule has 0 bridgehead atoms. The number of hydrogen-bond donors (Lipinski definition) is 0. The third-order valence-corrected chi connectivity index (χ3v) is 7.41. The highest BCUT2D eigenvalue weighted by atomic mass is 32.2. The maximum Gasteiger partial charge on any atom is 0.254 e. The Hall–Kier alpha value is -2.73. The summed E-state index contributed by atoms with van der Waals surface area (Å²) in [7, 11) is -3.26. The lowest BCUT2D eigenvalue weighted by Crippen LogP contribution is -2.43. The van der Waals surface area contributed by atoms with Gasteiger partial charge in [0.25, 0.3) is 5.91 Å². The van der Waals surface area contributed by atoms with E-state index in [2.05, 4.69) is 19.6 Å². The van der Waals surface area contributed by atoms with Crippen LogP contribution < -0.4 is 0 Å². The van der Waals surface area contributed by atoms with Crippen LogP contribution in [0, 0.1) is 5.82 Å². The maximum absolute atomic E-state index is 13.3. The van der Waals surface area contributed by atoms with Crippen molar-refractivity contribution in [3.8, 4) is 10.8 Å². The van der Waals surface area contributed by atoms with Gasteiger partial charge in [-0.2, -0.15) is 4.37 Å². The molecule has 1 fully saturated rings. The van der Waals surface area contributed by atoms with E-state index in [1.165, 1.54) is 42.1 Å². The van der Waals surface area contributed by atoms with Crippen LogP contribution in [0.15, 0.2) is 24.3 Å². The Morgan fingerprint density at radius 2 is 1.94 bits per heavy atom. The van der Waals surface area contributed by atoms with E-state index in [9.17, 15) is 17.6 Å². The second-order valence-corrected chi connectivity index (χ2v) is 11.2. The molecule has 5 rings (SSSR count). The molecule has 12 heteroatoms. The highest BCUT2D eigenvalue weighted by Crippen LogP contribution is 2.40. The molecular weight excluding hydrogens is 455 g/mol.